The fraction of sp³-hybridized carbons (Fsp3) is 0.980. The summed E-state index contributed by atoms with van der Waals surface area (Å²) >= 11 is 0. The first-order valence-electron chi connectivity index (χ1n) is 51.5. The van der Waals surface area contributed by atoms with Gasteiger partial charge in [-0.15, -0.1) is 0 Å². The van der Waals surface area contributed by atoms with Crippen LogP contribution in [0.15, 0.2) is 0 Å². The summed E-state index contributed by atoms with van der Waals surface area (Å²) in [4.78, 5) is 31.2. The molecule has 14 nitrogen and oxygen atoms in total. The predicted molar refractivity (Wildman–Crippen MR) is 504 cm³/mol. The minimum absolute atomic E-state index is 0.0611. The normalized spacial score (nSPS) is 13.1. The Labute approximate surface area is 725 Å². The Kier molecular flexibility index (Phi) is 94.0. The Hall–Kier alpha value is -1.03. The van der Waals surface area contributed by atoms with Crippen LogP contribution in [0.3, 0.4) is 0 Å². The summed E-state index contributed by atoms with van der Waals surface area (Å²) in [5.41, 5.74) is 0. The van der Waals surface area contributed by atoms with Crippen molar-refractivity contribution in [3.63, 3.8) is 0 Å². The molecule has 0 aliphatic rings. The van der Waals surface area contributed by atoms with Crippen LogP contribution in [0.5, 0.6) is 0 Å². The molecule has 0 aliphatic carbocycles. The van der Waals surface area contributed by atoms with Gasteiger partial charge in [0.1, 0.15) is 12.6 Å². The van der Waals surface area contributed by atoms with E-state index in [0.29, 0.717) is 13.2 Å². The topological polar surface area (TPSA) is 155 Å². The van der Waals surface area contributed by atoms with E-state index in [4.69, 9.17) is 36.7 Å². The molecular weight excluding hydrogens is 1480 g/mol. The van der Waals surface area contributed by atoms with Gasteiger partial charge in [0.05, 0.1) is 25.0 Å². The highest BCUT2D eigenvalue weighted by molar-refractivity contribution is 6.64. The van der Waals surface area contributed by atoms with Crippen molar-refractivity contribution in [3.8, 4) is 0 Å². The number of aliphatic hydroxyl groups excluding tert-OH is 2. The molecular formula is C100H206N2O12Si2. The number of hydrogen-bond donors (Lipinski definition) is 2. The SMILES string of the molecule is CCCCCCCCCCCCOC(CCC)O[Si](C)(C)OCCCCCCN(CCCCO)CCCCCCOC(=O)C(CCCCCC)CCCCCCCC.CCCCCCCCCCCCOC(CCC)O[Si](C)(C)OCCCCCCN(CCCCO)CCCCCCOC(=O)C(CCCCCC)CCCCCCCC. The van der Waals surface area contributed by atoms with Crippen molar-refractivity contribution >= 4 is 29.1 Å². The Morgan fingerprint density at radius 1 is 0.241 bits per heavy atom. The maximum absolute atomic E-state index is 13.0. The molecule has 696 valence electrons. The van der Waals surface area contributed by atoms with Crippen LogP contribution in [0.4, 0.5) is 0 Å². The largest absolute Gasteiger partial charge is 0.465 e. The molecule has 116 heavy (non-hydrogen) atoms. The molecule has 0 bridgehead atoms. The van der Waals surface area contributed by atoms with Crippen LogP contribution in [0, 0.1) is 11.8 Å². The van der Waals surface area contributed by atoms with Gasteiger partial charge in [-0.1, -0.05) is 364 Å². The summed E-state index contributed by atoms with van der Waals surface area (Å²) in [6.45, 7) is 38.1. The third-order valence-corrected chi connectivity index (χ3v) is 26.9. The van der Waals surface area contributed by atoms with Gasteiger partial charge >= 0.3 is 29.1 Å². The smallest absolute Gasteiger partial charge is 0.333 e. The number of rotatable bonds is 96. The Balaban J connectivity index is 0. The highest BCUT2D eigenvalue weighted by Crippen LogP contribution is 2.26. The number of nitrogens with zero attached hydrogens (tertiary/aromatic N) is 2. The average Bonchev–Trinajstić information content (AvgIpc) is 0.911. The lowest BCUT2D eigenvalue weighted by Crippen LogP contribution is -2.40. The Morgan fingerprint density at radius 2 is 0.448 bits per heavy atom. The van der Waals surface area contributed by atoms with Crippen molar-refractivity contribution in [3.05, 3.63) is 0 Å². The van der Waals surface area contributed by atoms with Gasteiger partial charge in [0.25, 0.3) is 0 Å². The monoisotopic (exact) mass is 1680 g/mol. The third-order valence-electron chi connectivity index (χ3n) is 23.4. The molecule has 0 fully saturated rings. The average molecular weight is 1680 g/mol. The van der Waals surface area contributed by atoms with E-state index in [9.17, 15) is 19.8 Å². The summed E-state index contributed by atoms with van der Waals surface area (Å²) in [6.07, 6.45) is 81.5. The molecule has 0 aromatic heterocycles. The standard InChI is InChI=1S/2C50H103NO6Si/c2*1-7-11-14-17-19-20-21-22-26-35-45-54-49(38-10-4)57-58(5,6)56-47-37-28-25-32-42-51(43-33-34-44-52)41-31-24-27-36-46-55-50(53)48(39-29-16-13-9-3)40-30-23-18-15-12-8-2/h2*48-49,52H,7-47H2,1-6H3. The van der Waals surface area contributed by atoms with Crippen molar-refractivity contribution in [2.45, 2.75) is 531 Å². The Morgan fingerprint density at radius 3 is 0.698 bits per heavy atom. The first-order chi connectivity index (χ1) is 56.7. The zero-order valence-electron chi connectivity index (χ0n) is 80.2. The van der Waals surface area contributed by atoms with Crippen molar-refractivity contribution < 1.29 is 56.5 Å². The molecule has 0 spiro atoms. The molecule has 0 rings (SSSR count). The van der Waals surface area contributed by atoms with Gasteiger partial charge in [0, 0.05) is 39.6 Å². The van der Waals surface area contributed by atoms with Gasteiger partial charge in [-0.25, -0.2) is 0 Å². The van der Waals surface area contributed by atoms with Crippen molar-refractivity contribution in [1.29, 1.82) is 0 Å². The van der Waals surface area contributed by atoms with E-state index in [0.717, 1.165) is 220 Å². The van der Waals surface area contributed by atoms with Gasteiger partial charge in [-0.3, -0.25) is 9.59 Å². The quantitative estimate of drug-likeness (QED) is 0.0257. The highest BCUT2D eigenvalue weighted by atomic mass is 28.4. The van der Waals surface area contributed by atoms with Crippen LogP contribution in [0.1, 0.15) is 492 Å². The fourth-order valence-electron chi connectivity index (χ4n) is 15.8. The third kappa shape index (κ3) is 85.2. The van der Waals surface area contributed by atoms with Crippen LogP contribution in [-0.4, -0.2) is 154 Å². The summed E-state index contributed by atoms with van der Waals surface area (Å²) in [6, 6.07) is 0. The molecule has 0 radical (unpaired) electrons. The Bertz CT molecular complexity index is 1800. The summed E-state index contributed by atoms with van der Waals surface area (Å²) in [5.74, 6) is 0.313. The molecule has 0 aromatic carbocycles. The van der Waals surface area contributed by atoms with Crippen LogP contribution >= 0.6 is 0 Å². The maximum atomic E-state index is 13.0. The molecule has 0 saturated carbocycles. The van der Waals surface area contributed by atoms with Gasteiger partial charge in [-0.05, 0) is 194 Å². The van der Waals surface area contributed by atoms with E-state index in [1.807, 2.05) is 0 Å². The van der Waals surface area contributed by atoms with Gasteiger partial charge in [0.2, 0.25) is 0 Å². The van der Waals surface area contributed by atoms with Crippen LogP contribution in [0.2, 0.25) is 26.2 Å². The lowest BCUT2D eigenvalue weighted by atomic mass is 9.94. The van der Waals surface area contributed by atoms with Crippen molar-refractivity contribution in [2.75, 3.05) is 92.1 Å². The number of carbonyl (C=O) groups excluding carboxylic acids is 2. The van der Waals surface area contributed by atoms with Crippen molar-refractivity contribution in [2.24, 2.45) is 11.8 Å². The van der Waals surface area contributed by atoms with Gasteiger partial charge in [0.15, 0.2) is 0 Å². The minimum Gasteiger partial charge on any atom is -0.465 e. The van der Waals surface area contributed by atoms with Crippen LogP contribution in [-0.2, 0) is 46.2 Å². The van der Waals surface area contributed by atoms with E-state index in [1.54, 1.807) is 0 Å². The second-order valence-corrected chi connectivity index (χ2v) is 42.7. The summed E-state index contributed by atoms with van der Waals surface area (Å²) in [7, 11) is -4.49. The molecule has 2 N–H and O–H groups in total. The molecule has 0 aliphatic heterocycles. The van der Waals surface area contributed by atoms with Gasteiger partial charge < -0.3 is 56.7 Å². The summed E-state index contributed by atoms with van der Waals surface area (Å²) < 4.78 is 49.7. The number of unbranched alkanes of at least 4 members (excludes halogenated alkanes) is 48. The van der Waals surface area contributed by atoms with E-state index in [1.165, 1.54) is 283 Å². The fourth-order valence-corrected chi connectivity index (χ4v) is 18.9. The predicted octanol–water partition coefficient (Wildman–Crippen LogP) is 29.7. The zero-order valence-corrected chi connectivity index (χ0v) is 82.2. The number of hydrogen-bond acceptors (Lipinski definition) is 14. The van der Waals surface area contributed by atoms with E-state index in [-0.39, 0.29) is 49.6 Å². The van der Waals surface area contributed by atoms with E-state index >= 15 is 0 Å². The first kappa shape index (κ1) is 117. The minimum atomic E-state index is -2.24. The van der Waals surface area contributed by atoms with E-state index in [2.05, 4.69) is 91.4 Å². The lowest BCUT2D eigenvalue weighted by molar-refractivity contribution is -0.150. The van der Waals surface area contributed by atoms with Crippen LogP contribution in [0.25, 0.3) is 0 Å². The van der Waals surface area contributed by atoms with Crippen molar-refractivity contribution in [1.82, 2.24) is 9.80 Å². The van der Waals surface area contributed by atoms with Crippen LogP contribution < -0.4 is 0 Å². The molecule has 0 aromatic rings. The molecule has 16 heteroatoms. The summed E-state index contributed by atoms with van der Waals surface area (Å²) in [5, 5.41) is 18.7. The lowest BCUT2D eigenvalue weighted by Gasteiger charge is -2.29. The zero-order chi connectivity index (χ0) is 85.3. The number of esters is 2. The number of carbonyl (C=O) groups is 2. The second-order valence-electron chi connectivity index (χ2n) is 36.0. The highest BCUT2D eigenvalue weighted by Gasteiger charge is 2.31. The van der Waals surface area contributed by atoms with E-state index < -0.39 is 17.1 Å². The molecule has 0 heterocycles. The second kappa shape index (κ2) is 93.1. The molecule has 4 unspecified atom stereocenters. The molecule has 0 saturated heterocycles. The molecule has 4 atom stereocenters. The number of ether oxygens (including phenoxy) is 4. The maximum Gasteiger partial charge on any atom is 0.333 e. The first-order valence-corrected chi connectivity index (χ1v) is 57.2. The number of aliphatic hydroxyl groups is 2. The molecule has 0 amide bonds. The van der Waals surface area contributed by atoms with Gasteiger partial charge in [-0.2, -0.15) is 0 Å².